The van der Waals surface area contributed by atoms with E-state index in [4.69, 9.17) is 5.11 Å². The molecular weight excluding hydrogens is 298 g/mol. The molecule has 0 saturated heterocycles. The highest BCUT2D eigenvalue weighted by Gasteiger charge is 2.54. The summed E-state index contributed by atoms with van der Waals surface area (Å²) in [7, 11) is 0. The predicted octanol–water partition coefficient (Wildman–Crippen LogP) is 3.38. The minimum atomic E-state index is -0.800. The molecule has 2 N–H and O–H groups in total. The summed E-state index contributed by atoms with van der Waals surface area (Å²) in [6.07, 6.45) is 4.94. The summed E-state index contributed by atoms with van der Waals surface area (Å²) < 4.78 is 0. The van der Waals surface area contributed by atoms with Gasteiger partial charge in [0.2, 0.25) is 5.91 Å². The number of hydrogen-bond acceptors (Lipinski definition) is 3. The largest absolute Gasteiger partial charge is 0.481 e. The number of anilines is 1. The number of benzene rings is 1. The highest BCUT2D eigenvalue weighted by molar-refractivity contribution is 7.99. The maximum Gasteiger partial charge on any atom is 0.313 e. The number of thioether (sulfide) groups is 1. The maximum absolute atomic E-state index is 12.4. The molecule has 0 radical (unpaired) electrons. The van der Waals surface area contributed by atoms with Crippen molar-refractivity contribution in [2.45, 2.75) is 31.4 Å². The molecule has 22 heavy (non-hydrogen) atoms. The van der Waals surface area contributed by atoms with Crippen LogP contribution in [-0.4, -0.2) is 22.7 Å². The first kappa shape index (κ1) is 15.4. The van der Waals surface area contributed by atoms with Crippen LogP contribution in [0.25, 0.3) is 0 Å². The van der Waals surface area contributed by atoms with Gasteiger partial charge in [-0.2, -0.15) is 0 Å². The second kappa shape index (κ2) is 6.73. The highest BCUT2D eigenvalue weighted by Crippen LogP contribution is 2.55. The zero-order chi connectivity index (χ0) is 15.5. The molecule has 0 aliphatic heterocycles. The molecule has 2 atom stereocenters. The molecule has 2 saturated carbocycles. The zero-order valence-electron chi connectivity index (χ0n) is 12.5. The number of aliphatic carboxylic acids is 1. The van der Waals surface area contributed by atoms with Gasteiger partial charge in [0, 0.05) is 17.4 Å². The SMILES string of the molecule is O=C(O)CSCc1cccc(NC(=O)C2C3CCCCC32)c1. The summed E-state index contributed by atoms with van der Waals surface area (Å²) >= 11 is 1.36. The lowest BCUT2D eigenvalue weighted by Gasteiger charge is -2.07. The van der Waals surface area contributed by atoms with Crippen LogP contribution in [0.15, 0.2) is 24.3 Å². The molecule has 3 rings (SSSR count). The number of hydrogen-bond donors (Lipinski definition) is 2. The van der Waals surface area contributed by atoms with E-state index in [1.807, 2.05) is 24.3 Å². The summed E-state index contributed by atoms with van der Waals surface area (Å²) in [4.78, 5) is 22.9. The first-order chi connectivity index (χ1) is 10.6. The van der Waals surface area contributed by atoms with E-state index < -0.39 is 5.97 Å². The van der Waals surface area contributed by atoms with Crippen LogP contribution in [-0.2, 0) is 15.3 Å². The Morgan fingerprint density at radius 1 is 1.23 bits per heavy atom. The van der Waals surface area contributed by atoms with Crippen LogP contribution in [0.5, 0.6) is 0 Å². The number of carbonyl (C=O) groups excluding carboxylic acids is 1. The number of rotatable bonds is 6. The molecule has 5 heteroatoms. The summed E-state index contributed by atoms with van der Waals surface area (Å²) in [6, 6.07) is 7.71. The summed E-state index contributed by atoms with van der Waals surface area (Å²) in [5.41, 5.74) is 1.86. The van der Waals surface area contributed by atoms with Gasteiger partial charge in [-0.3, -0.25) is 9.59 Å². The molecule has 118 valence electrons. The normalized spacial score (nSPS) is 26.1. The number of fused-ring (bicyclic) bond motifs is 1. The Bertz CT molecular complexity index is 563. The lowest BCUT2D eigenvalue weighted by Crippen LogP contribution is -2.15. The van der Waals surface area contributed by atoms with Crippen LogP contribution in [0.3, 0.4) is 0 Å². The zero-order valence-corrected chi connectivity index (χ0v) is 13.3. The van der Waals surface area contributed by atoms with E-state index in [2.05, 4.69) is 5.32 Å². The number of carboxylic acids is 1. The van der Waals surface area contributed by atoms with E-state index in [9.17, 15) is 9.59 Å². The number of nitrogens with one attached hydrogen (secondary N) is 1. The Morgan fingerprint density at radius 3 is 2.64 bits per heavy atom. The maximum atomic E-state index is 12.4. The number of carbonyl (C=O) groups is 2. The van der Waals surface area contributed by atoms with Crippen molar-refractivity contribution in [2.24, 2.45) is 17.8 Å². The summed E-state index contributed by atoms with van der Waals surface area (Å²) in [6.45, 7) is 0. The van der Waals surface area contributed by atoms with Gasteiger partial charge in [-0.25, -0.2) is 0 Å². The highest BCUT2D eigenvalue weighted by atomic mass is 32.2. The van der Waals surface area contributed by atoms with E-state index in [0.717, 1.165) is 11.3 Å². The molecule has 2 aliphatic rings. The van der Waals surface area contributed by atoms with Crippen LogP contribution >= 0.6 is 11.8 Å². The molecule has 2 unspecified atom stereocenters. The van der Waals surface area contributed by atoms with Gasteiger partial charge in [0.15, 0.2) is 0 Å². The Balaban J connectivity index is 1.54. The third-order valence-corrected chi connectivity index (χ3v) is 5.64. The molecule has 1 aromatic rings. The topological polar surface area (TPSA) is 66.4 Å². The summed E-state index contributed by atoms with van der Waals surface area (Å²) in [5.74, 6) is 1.55. The minimum Gasteiger partial charge on any atom is -0.481 e. The van der Waals surface area contributed by atoms with Crippen molar-refractivity contribution in [3.05, 3.63) is 29.8 Å². The van der Waals surface area contributed by atoms with Crippen molar-refractivity contribution in [3.63, 3.8) is 0 Å². The van der Waals surface area contributed by atoms with Crippen LogP contribution in [0, 0.1) is 17.8 Å². The minimum absolute atomic E-state index is 0.0992. The first-order valence-electron chi connectivity index (χ1n) is 7.84. The van der Waals surface area contributed by atoms with E-state index in [-0.39, 0.29) is 17.6 Å². The fraction of sp³-hybridized carbons (Fsp3) is 0.529. The molecule has 0 spiro atoms. The van der Waals surface area contributed by atoms with Gasteiger partial charge < -0.3 is 10.4 Å². The van der Waals surface area contributed by atoms with Gasteiger partial charge in [0.25, 0.3) is 0 Å². The Labute approximate surface area is 134 Å². The van der Waals surface area contributed by atoms with Crippen LogP contribution in [0.4, 0.5) is 5.69 Å². The van der Waals surface area contributed by atoms with Crippen molar-refractivity contribution in [3.8, 4) is 0 Å². The fourth-order valence-corrected chi connectivity index (χ4v) is 4.29. The van der Waals surface area contributed by atoms with Crippen molar-refractivity contribution < 1.29 is 14.7 Å². The Morgan fingerprint density at radius 2 is 1.95 bits per heavy atom. The average molecular weight is 319 g/mol. The molecule has 0 bridgehead atoms. The van der Waals surface area contributed by atoms with Gasteiger partial charge in [0.05, 0.1) is 5.75 Å². The van der Waals surface area contributed by atoms with E-state index >= 15 is 0 Å². The molecule has 2 aliphatic carbocycles. The lowest BCUT2D eigenvalue weighted by atomic mass is 10.0. The first-order valence-corrected chi connectivity index (χ1v) is 9.00. The van der Waals surface area contributed by atoms with Crippen molar-refractivity contribution >= 4 is 29.3 Å². The second-order valence-electron chi connectivity index (χ2n) is 6.21. The molecule has 1 amide bonds. The van der Waals surface area contributed by atoms with Gasteiger partial charge in [-0.05, 0) is 42.4 Å². The number of amides is 1. The third kappa shape index (κ3) is 3.64. The van der Waals surface area contributed by atoms with E-state index in [0.29, 0.717) is 17.6 Å². The molecule has 0 aromatic heterocycles. The Hall–Kier alpha value is -1.49. The summed E-state index contributed by atoms with van der Waals surface area (Å²) in [5, 5.41) is 11.7. The van der Waals surface area contributed by atoms with Crippen molar-refractivity contribution in [1.82, 2.24) is 0 Å². The standard InChI is InChI=1S/C17H21NO3S/c19-15(20)10-22-9-11-4-3-5-12(8-11)18-17(21)16-13-6-1-2-7-14(13)16/h3-5,8,13-14,16H,1-2,6-7,9-10H2,(H,18,21)(H,19,20). The molecule has 0 heterocycles. The van der Waals surface area contributed by atoms with Gasteiger partial charge in [0.1, 0.15) is 0 Å². The van der Waals surface area contributed by atoms with E-state index in [1.54, 1.807) is 0 Å². The fourth-order valence-electron chi connectivity index (χ4n) is 3.60. The smallest absolute Gasteiger partial charge is 0.313 e. The Kier molecular flexibility index (Phi) is 4.71. The average Bonchev–Trinajstić information content (AvgIpc) is 3.21. The van der Waals surface area contributed by atoms with Crippen LogP contribution in [0.2, 0.25) is 0 Å². The van der Waals surface area contributed by atoms with Gasteiger partial charge in [-0.15, -0.1) is 11.8 Å². The second-order valence-corrected chi connectivity index (χ2v) is 7.20. The molecule has 4 nitrogen and oxygen atoms in total. The predicted molar refractivity (Wildman–Crippen MR) is 87.8 cm³/mol. The molecule has 1 aromatic carbocycles. The van der Waals surface area contributed by atoms with Gasteiger partial charge in [-0.1, -0.05) is 25.0 Å². The van der Waals surface area contributed by atoms with Crippen molar-refractivity contribution in [2.75, 3.05) is 11.1 Å². The van der Waals surface area contributed by atoms with Crippen LogP contribution < -0.4 is 5.32 Å². The lowest BCUT2D eigenvalue weighted by molar-refractivity contribution is -0.133. The van der Waals surface area contributed by atoms with E-state index in [1.165, 1.54) is 37.4 Å². The number of carboxylic acid groups (broad SMARTS) is 1. The molecule has 2 fully saturated rings. The quantitative estimate of drug-likeness (QED) is 0.843. The van der Waals surface area contributed by atoms with Crippen molar-refractivity contribution in [1.29, 1.82) is 0 Å². The third-order valence-electron chi connectivity index (χ3n) is 4.65. The van der Waals surface area contributed by atoms with Gasteiger partial charge >= 0.3 is 5.97 Å². The monoisotopic (exact) mass is 319 g/mol. The molecular formula is C17H21NO3S. The van der Waals surface area contributed by atoms with Crippen LogP contribution in [0.1, 0.15) is 31.2 Å².